The van der Waals surface area contributed by atoms with E-state index in [9.17, 15) is 19.3 Å². The van der Waals surface area contributed by atoms with E-state index in [1.807, 2.05) is 13.8 Å². The molecular weight excluding hydrogens is 251 g/mol. The molecule has 0 saturated heterocycles. The molecule has 0 atom stereocenters. The first-order chi connectivity index (χ1) is 9.01. The first-order valence-corrected chi connectivity index (χ1v) is 6.24. The lowest BCUT2D eigenvalue weighted by Gasteiger charge is -2.21. The van der Waals surface area contributed by atoms with Gasteiger partial charge in [0.15, 0.2) is 0 Å². The molecule has 1 rings (SSSR count). The molecule has 0 heterocycles. The molecule has 0 N–H and O–H groups in total. The fourth-order valence-corrected chi connectivity index (χ4v) is 1.82. The fourth-order valence-electron chi connectivity index (χ4n) is 1.82. The van der Waals surface area contributed by atoms with Crippen LogP contribution in [0.1, 0.15) is 37.0 Å². The Labute approximate surface area is 111 Å². The lowest BCUT2D eigenvalue weighted by Crippen LogP contribution is -2.32. The SMILES string of the molecule is CCCN(CCC)C(=O)c1ccc(F)c([N+](=O)[O-])c1. The van der Waals surface area contributed by atoms with Gasteiger partial charge in [-0.1, -0.05) is 13.8 Å². The van der Waals surface area contributed by atoms with E-state index in [1.54, 1.807) is 4.90 Å². The van der Waals surface area contributed by atoms with Gasteiger partial charge in [0.2, 0.25) is 5.82 Å². The van der Waals surface area contributed by atoms with Crippen LogP contribution in [0.25, 0.3) is 0 Å². The maximum Gasteiger partial charge on any atom is 0.305 e. The van der Waals surface area contributed by atoms with Crippen molar-refractivity contribution in [1.82, 2.24) is 4.90 Å². The van der Waals surface area contributed by atoms with Crippen LogP contribution in [0.15, 0.2) is 18.2 Å². The Balaban J connectivity index is 3.04. The van der Waals surface area contributed by atoms with Crippen LogP contribution in [-0.2, 0) is 0 Å². The molecule has 1 aromatic rings. The van der Waals surface area contributed by atoms with Gasteiger partial charge in [-0.3, -0.25) is 14.9 Å². The number of halogens is 1. The van der Waals surface area contributed by atoms with Crippen molar-refractivity contribution in [3.63, 3.8) is 0 Å². The van der Waals surface area contributed by atoms with Gasteiger partial charge in [-0.05, 0) is 25.0 Å². The number of nitro benzene ring substituents is 1. The molecule has 104 valence electrons. The summed E-state index contributed by atoms with van der Waals surface area (Å²) in [6, 6.07) is 3.24. The summed E-state index contributed by atoms with van der Waals surface area (Å²) < 4.78 is 13.2. The third-order valence-corrected chi connectivity index (χ3v) is 2.66. The summed E-state index contributed by atoms with van der Waals surface area (Å²) in [6.45, 7) is 5.06. The maximum atomic E-state index is 13.2. The zero-order valence-corrected chi connectivity index (χ0v) is 11.1. The van der Waals surface area contributed by atoms with Gasteiger partial charge in [0.1, 0.15) is 0 Å². The number of nitro groups is 1. The Morgan fingerprint density at radius 1 is 1.32 bits per heavy atom. The van der Waals surface area contributed by atoms with Crippen LogP contribution in [0.2, 0.25) is 0 Å². The average Bonchev–Trinajstić information content (AvgIpc) is 2.38. The zero-order valence-electron chi connectivity index (χ0n) is 11.1. The predicted octanol–water partition coefficient (Wildman–Crippen LogP) is 3.00. The molecule has 0 aliphatic rings. The second-order valence-electron chi connectivity index (χ2n) is 4.22. The molecule has 5 nitrogen and oxygen atoms in total. The topological polar surface area (TPSA) is 63.5 Å². The highest BCUT2D eigenvalue weighted by molar-refractivity contribution is 5.94. The van der Waals surface area contributed by atoms with E-state index < -0.39 is 16.4 Å². The van der Waals surface area contributed by atoms with Crippen molar-refractivity contribution in [3.05, 3.63) is 39.7 Å². The van der Waals surface area contributed by atoms with Gasteiger partial charge in [0.25, 0.3) is 5.91 Å². The summed E-state index contributed by atoms with van der Waals surface area (Å²) in [5.41, 5.74) is -0.520. The van der Waals surface area contributed by atoms with Crippen molar-refractivity contribution in [1.29, 1.82) is 0 Å². The van der Waals surface area contributed by atoms with Crippen molar-refractivity contribution in [2.24, 2.45) is 0 Å². The smallest absolute Gasteiger partial charge is 0.305 e. The first kappa shape index (κ1) is 15.1. The number of benzene rings is 1. The highest BCUT2D eigenvalue weighted by atomic mass is 19.1. The molecule has 1 aromatic carbocycles. The van der Waals surface area contributed by atoms with Crippen molar-refractivity contribution in [2.45, 2.75) is 26.7 Å². The van der Waals surface area contributed by atoms with E-state index in [2.05, 4.69) is 0 Å². The molecule has 6 heteroatoms. The Morgan fingerprint density at radius 2 is 1.89 bits per heavy atom. The Hall–Kier alpha value is -1.98. The fraction of sp³-hybridized carbons (Fsp3) is 0.462. The number of carbonyl (C=O) groups excluding carboxylic acids is 1. The Kier molecular flexibility index (Phi) is 5.41. The van der Waals surface area contributed by atoms with E-state index in [0.717, 1.165) is 25.0 Å². The maximum absolute atomic E-state index is 13.2. The van der Waals surface area contributed by atoms with Gasteiger partial charge in [-0.2, -0.15) is 4.39 Å². The molecule has 0 aliphatic carbocycles. The molecule has 0 radical (unpaired) electrons. The third-order valence-electron chi connectivity index (χ3n) is 2.66. The average molecular weight is 268 g/mol. The number of amides is 1. The number of carbonyl (C=O) groups is 1. The van der Waals surface area contributed by atoms with E-state index in [1.165, 1.54) is 6.07 Å². The van der Waals surface area contributed by atoms with Crippen LogP contribution in [-0.4, -0.2) is 28.8 Å². The molecule has 0 spiro atoms. The van der Waals surface area contributed by atoms with Crippen LogP contribution >= 0.6 is 0 Å². The minimum absolute atomic E-state index is 0.148. The lowest BCUT2D eigenvalue weighted by molar-refractivity contribution is -0.387. The Bertz CT molecular complexity index is 471. The standard InChI is InChI=1S/C13H17FN2O3/c1-3-7-15(8-4-2)13(17)10-5-6-11(14)12(9-10)16(18)19/h5-6,9H,3-4,7-8H2,1-2H3. The molecule has 19 heavy (non-hydrogen) atoms. The van der Waals surface area contributed by atoms with Crippen LogP contribution in [0.3, 0.4) is 0 Å². The highest BCUT2D eigenvalue weighted by Gasteiger charge is 2.20. The summed E-state index contributed by atoms with van der Waals surface area (Å²) in [5.74, 6) is -1.23. The summed E-state index contributed by atoms with van der Waals surface area (Å²) in [7, 11) is 0. The van der Waals surface area contributed by atoms with Crippen LogP contribution in [0.4, 0.5) is 10.1 Å². The molecule has 0 fully saturated rings. The van der Waals surface area contributed by atoms with Crippen molar-refractivity contribution >= 4 is 11.6 Å². The van der Waals surface area contributed by atoms with E-state index in [4.69, 9.17) is 0 Å². The summed E-state index contributed by atoms with van der Waals surface area (Å²) in [4.78, 5) is 23.6. The van der Waals surface area contributed by atoms with Gasteiger partial charge in [0.05, 0.1) is 4.92 Å². The summed E-state index contributed by atoms with van der Waals surface area (Å²) in [5, 5.41) is 10.7. The normalized spacial score (nSPS) is 10.3. The second kappa shape index (κ2) is 6.82. The molecule has 0 bridgehead atoms. The molecule has 0 aromatic heterocycles. The summed E-state index contributed by atoms with van der Waals surface area (Å²) >= 11 is 0. The monoisotopic (exact) mass is 268 g/mol. The van der Waals surface area contributed by atoms with Crippen molar-refractivity contribution < 1.29 is 14.1 Å². The Morgan fingerprint density at radius 3 is 2.37 bits per heavy atom. The predicted molar refractivity (Wildman–Crippen MR) is 69.5 cm³/mol. The van der Waals surface area contributed by atoms with Crippen molar-refractivity contribution in [3.8, 4) is 0 Å². The van der Waals surface area contributed by atoms with E-state index in [-0.39, 0.29) is 11.5 Å². The highest BCUT2D eigenvalue weighted by Crippen LogP contribution is 2.19. The molecule has 0 aliphatic heterocycles. The molecular formula is C13H17FN2O3. The first-order valence-electron chi connectivity index (χ1n) is 6.24. The molecule has 1 amide bonds. The van der Waals surface area contributed by atoms with Crippen LogP contribution in [0.5, 0.6) is 0 Å². The number of hydrogen-bond acceptors (Lipinski definition) is 3. The van der Waals surface area contributed by atoms with Gasteiger partial charge >= 0.3 is 5.69 Å². The third kappa shape index (κ3) is 3.74. The molecule has 0 unspecified atom stereocenters. The summed E-state index contributed by atoms with van der Waals surface area (Å²) in [6.07, 6.45) is 1.60. The van der Waals surface area contributed by atoms with Crippen LogP contribution < -0.4 is 0 Å². The largest absolute Gasteiger partial charge is 0.339 e. The second-order valence-corrected chi connectivity index (χ2v) is 4.22. The molecule has 0 saturated carbocycles. The van der Waals surface area contributed by atoms with Crippen molar-refractivity contribution in [2.75, 3.05) is 13.1 Å². The van der Waals surface area contributed by atoms with Crippen LogP contribution in [0, 0.1) is 15.9 Å². The quantitative estimate of drug-likeness (QED) is 0.588. The minimum Gasteiger partial charge on any atom is -0.339 e. The number of rotatable bonds is 6. The minimum atomic E-state index is -0.931. The van der Waals surface area contributed by atoms with Gasteiger partial charge in [0, 0.05) is 24.7 Å². The van der Waals surface area contributed by atoms with Gasteiger partial charge < -0.3 is 4.90 Å². The van der Waals surface area contributed by atoms with Gasteiger partial charge in [-0.25, -0.2) is 0 Å². The lowest BCUT2D eigenvalue weighted by atomic mass is 10.1. The number of nitrogens with zero attached hydrogens (tertiary/aromatic N) is 2. The zero-order chi connectivity index (χ0) is 14.4. The van der Waals surface area contributed by atoms with Gasteiger partial charge in [-0.15, -0.1) is 0 Å². The van der Waals surface area contributed by atoms with E-state index in [0.29, 0.717) is 13.1 Å². The number of hydrogen-bond donors (Lipinski definition) is 0. The van der Waals surface area contributed by atoms with E-state index >= 15 is 0 Å².